The summed E-state index contributed by atoms with van der Waals surface area (Å²) in [5, 5.41) is 12.1. The zero-order valence-corrected chi connectivity index (χ0v) is 14.0. The molecule has 1 fully saturated rings. The van der Waals surface area contributed by atoms with Crippen molar-refractivity contribution in [3.63, 3.8) is 0 Å². The summed E-state index contributed by atoms with van der Waals surface area (Å²) in [4.78, 5) is 2.13. The highest BCUT2D eigenvalue weighted by Gasteiger charge is 2.20. The summed E-state index contributed by atoms with van der Waals surface area (Å²) in [6, 6.07) is 13.7. The van der Waals surface area contributed by atoms with E-state index < -0.39 is 11.6 Å². The lowest BCUT2D eigenvalue weighted by Crippen LogP contribution is -2.32. The predicted molar refractivity (Wildman–Crippen MR) is 94.9 cm³/mol. The lowest BCUT2D eigenvalue weighted by molar-refractivity contribution is 0.508. The summed E-state index contributed by atoms with van der Waals surface area (Å²) < 4.78 is 28.1. The Morgan fingerprint density at radius 3 is 2.42 bits per heavy atom. The minimum atomic E-state index is -0.824. The SMILES string of the molecule is Fc1ccc(C=C2CCN(c3nnnn3-c3ccccc3)CC2)cc1F. The number of aromatic nitrogens is 4. The normalized spacial score (nSPS) is 14.5. The summed E-state index contributed by atoms with van der Waals surface area (Å²) >= 11 is 0. The molecule has 0 spiro atoms. The second-order valence-electron chi connectivity index (χ2n) is 6.19. The average Bonchev–Trinajstić information content (AvgIpc) is 3.16. The summed E-state index contributed by atoms with van der Waals surface area (Å²) in [6.07, 6.45) is 3.57. The Morgan fingerprint density at radius 2 is 1.69 bits per heavy atom. The molecule has 1 aliphatic heterocycles. The van der Waals surface area contributed by atoms with Crippen LogP contribution in [0.25, 0.3) is 11.8 Å². The molecule has 26 heavy (non-hydrogen) atoms. The molecule has 4 rings (SSSR count). The number of halogens is 2. The lowest BCUT2D eigenvalue weighted by atomic mass is 10.0. The summed E-state index contributed by atoms with van der Waals surface area (Å²) in [6.45, 7) is 1.53. The Kier molecular flexibility index (Phi) is 4.43. The van der Waals surface area contributed by atoms with Crippen molar-refractivity contribution in [2.24, 2.45) is 0 Å². The smallest absolute Gasteiger partial charge is 0.250 e. The molecule has 0 N–H and O–H groups in total. The number of piperidine rings is 1. The van der Waals surface area contributed by atoms with Crippen LogP contribution in [-0.4, -0.2) is 33.3 Å². The first-order chi connectivity index (χ1) is 12.7. The van der Waals surface area contributed by atoms with E-state index in [9.17, 15) is 8.78 Å². The first-order valence-electron chi connectivity index (χ1n) is 8.44. The van der Waals surface area contributed by atoms with Crippen molar-refractivity contribution in [1.82, 2.24) is 20.2 Å². The Bertz CT molecular complexity index is 926. The molecule has 0 unspecified atom stereocenters. The number of nitrogens with zero attached hydrogens (tertiary/aromatic N) is 5. The fourth-order valence-corrected chi connectivity index (χ4v) is 3.09. The molecule has 0 bridgehead atoms. The molecule has 2 heterocycles. The third-order valence-corrected chi connectivity index (χ3v) is 4.46. The van der Waals surface area contributed by atoms with Gasteiger partial charge in [0.15, 0.2) is 11.6 Å². The standard InChI is InChI=1S/C19H17F2N5/c20-17-7-6-15(13-18(17)21)12-14-8-10-25(11-9-14)19-22-23-24-26(19)16-4-2-1-3-5-16/h1-7,12-13H,8-11H2. The van der Waals surface area contributed by atoms with Gasteiger partial charge in [0.2, 0.25) is 5.95 Å². The van der Waals surface area contributed by atoms with Crippen LogP contribution >= 0.6 is 0 Å². The third-order valence-electron chi connectivity index (χ3n) is 4.46. The molecular formula is C19H17F2N5. The molecule has 3 aromatic rings. The molecule has 1 aliphatic rings. The van der Waals surface area contributed by atoms with Gasteiger partial charge in [-0.1, -0.05) is 41.0 Å². The van der Waals surface area contributed by atoms with E-state index in [-0.39, 0.29) is 0 Å². The number of hydrogen-bond donors (Lipinski definition) is 0. The highest BCUT2D eigenvalue weighted by molar-refractivity contribution is 5.54. The largest absolute Gasteiger partial charge is 0.339 e. The molecule has 1 saturated heterocycles. The Morgan fingerprint density at radius 1 is 0.923 bits per heavy atom. The van der Waals surface area contributed by atoms with Crippen molar-refractivity contribution < 1.29 is 8.78 Å². The number of para-hydroxylation sites is 1. The Hall–Kier alpha value is -3.09. The Labute approximate surface area is 149 Å². The van der Waals surface area contributed by atoms with E-state index in [0.29, 0.717) is 11.5 Å². The van der Waals surface area contributed by atoms with Crippen LogP contribution in [-0.2, 0) is 0 Å². The molecular weight excluding hydrogens is 336 g/mol. The van der Waals surface area contributed by atoms with E-state index in [1.54, 1.807) is 10.7 Å². The number of anilines is 1. The first-order valence-corrected chi connectivity index (χ1v) is 8.44. The van der Waals surface area contributed by atoms with Crippen LogP contribution in [0.4, 0.5) is 14.7 Å². The van der Waals surface area contributed by atoms with Crippen LogP contribution < -0.4 is 4.90 Å². The van der Waals surface area contributed by atoms with Crippen molar-refractivity contribution in [3.8, 4) is 5.69 Å². The van der Waals surface area contributed by atoms with Gasteiger partial charge >= 0.3 is 0 Å². The van der Waals surface area contributed by atoms with E-state index in [0.717, 1.165) is 37.7 Å². The summed E-state index contributed by atoms with van der Waals surface area (Å²) in [7, 11) is 0. The van der Waals surface area contributed by atoms with E-state index in [2.05, 4.69) is 20.4 Å². The third kappa shape index (κ3) is 3.33. The van der Waals surface area contributed by atoms with Gasteiger partial charge in [0.25, 0.3) is 0 Å². The van der Waals surface area contributed by atoms with Gasteiger partial charge in [0.05, 0.1) is 5.69 Å². The van der Waals surface area contributed by atoms with E-state index >= 15 is 0 Å². The van der Waals surface area contributed by atoms with Crippen LogP contribution in [0.15, 0.2) is 54.1 Å². The minimum absolute atomic E-state index is 0.682. The van der Waals surface area contributed by atoms with Crippen molar-refractivity contribution in [1.29, 1.82) is 0 Å². The number of tetrazole rings is 1. The maximum atomic E-state index is 13.3. The monoisotopic (exact) mass is 353 g/mol. The van der Waals surface area contributed by atoms with Crippen LogP contribution in [0, 0.1) is 11.6 Å². The van der Waals surface area contributed by atoms with Crippen molar-refractivity contribution in [2.45, 2.75) is 12.8 Å². The number of hydrogen-bond acceptors (Lipinski definition) is 4. The van der Waals surface area contributed by atoms with Crippen molar-refractivity contribution in [2.75, 3.05) is 18.0 Å². The van der Waals surface area contributed by atoms with Crippen molar-refractivity contribution in [3.05, 3.63) is 71.3 Å². The van der Waals surface area contributed by atoms with Crippen LogP contribution in [0.5, 0.6) is 0 Å². The van der Waals surface area contributed by atoms with E-state index in [1.807, 2.05) is 36.4 Å². The summed E-state index contributed by atoms with van der Waals surface area (Å²) in [5.74, 6) is -0.934. The fraction of sp³-hybridized carbons (Fsp3) is 0.211. The van der Waals surface area contributed by atoms with Gasteiger partial charge in [0, 0.05) is 13.1 Å². The quantitative estimate of drug-likeness (QED) is 0.721. The van der Waals surface area contributed by atoms with E-state index in [4.69, 9.17) is 0 Å². The van der Waals surface area contributed by atoms with Gasteiger partial charge in [-0.05, 0) is 53.1 Å². The fourth-order valence-electron chi connectivity index (χ4n) is 3.09. The molecule has 1 aromatic heterocycles. The second-order valence-corrected chi connectivity index (χ2v) is 6.19. The second kappa shape index (κ2) is 7.03. The topological polar surface area (TPSA) is 46.8 Å². The maximum Gasteiger partial charge on any atom is 0.250 e. The van der Waals surface area contributed by atoms with Crippen LogP contribution in [0.1, 0.15) is 18.4 Å². The molecule has 0 saturated carbocycles. The number of benzene rings is 2. The van der Waals surface area contributed by atoms with Crippen LogP contribution in [0.3, 0.4) is 0 Å². The van der Waals surface area contributed by atoms with Crippen LogP contribution in [0.2, 0.25) is 0 Å². The zero-order chi connectivity index (χ0) is 17.9. The predicted octanol–water partition coefficient (Wildman–Crippen LogP) is 3.62. The zero-order valence-electron chi connectivity index (χ0n) is 14.0. The Balaban J connectivity index is 1.48. The highest BCUT2D eigenvalue weighted by atomic mass is 19.2. The van der Waals surface area contributed by atoms with Gasteiger partial charge < -0.3 is 4.90 Å². The lowest BCUT2D eigenvalue weighted by Gasteiger charge is -2.28. The molecule has 7 heteroatoms. The first kappa shape index (κ1) is 16.4. The van der Waals surface area contributed by atoms with Gasteiger partial charge in [-0.3, -0.25) is 0 Å². The average molecular weight is 353 g/mol. The molecule has 0 radical (unpaired) electrons. The molecule has 5 nitrogen and oxygen atoms in total. The molecule has 0 atom stereocenters. The van der Waals surface area contributed by atoms with Gasteiger partial charge in [-0.15, -0.1) is 0 Å². The molecule has 0 aliphatic carbocycles. The minimum Gasteiger partial charge on any atom is -0.339 e. The maximum absolute atomic E-state index is 13.3. The van der Waals surface area contributed by atoms with Gasteiger partial charge in [0.1, 0.15) is 0 Å². The molecule has 0 amide bonds. The van der Waals surface area contributed by atoms with Crippen molar-refractivity contribution >= 4 is 12.0 Å². The number of rotatable bonds is 3. The summed E-state index contributed by atoms with van der Waals surface area (Å²) in [5.41, 5.74) is 2.79. The molecule has 2 aromatic carbocycles. The molecule has 132 valence electrons. The highest BCUT2D eigenvalue weighted by Crippen LogP contribution is 2.24. The van der Waals surface area contributed by atoms with Gasteiger partial charge in [-0.2, -0.15) is 4.68 Å². The van der Waals surface area contributed by atoms with Gasteiger partial charge in [-0.25, -0.2) is 8.78 Å². The van der Waals surface area contributed by atoms with E-state index in [1.165, 1.54) is 11.6 Å².